The van der Waals surface area contributed by atoms with E-state index in [4.69, 9.17) is 10.2 Å². The van der Waals surface area contributed by atoms with Gasteiger partial charge in [0.2, 0.25) is 0 Å². The Balaban J connectivity index is 2.13. The molecule has 0 bridgehead atoms. The highest BCUT2D eigenvalue weighted by Gasteiger charge is 2.26. The van der Waals surface area contributed by atoms with Crippen molar-refractivity contribution in [3.63, 3.8) is 0 Å². The van der Waals surface area contributed by atoms with Crippen LogP contribution in [0.4, 0.5) is 0 Å². The molecule has 0 saturated heterocycles. The van der Waals surface area contributed by atoms with Crippen molar-refractivity contribution < 1.29 is 15.0 Å². The van der Waals surface area contributed by atoms with Crippen LogP contribution in [0.2, 0.25) is 0 Å². The number of thiophene rings is 1. The molecule has 0 spiro atoms. The average molecular weight is 298 g/mol. The summed E-state index contributed by atoms with van der Waals surface area (Å²) >= 11 is 2.96. The molecule has 3 N–H and O–H groups in total. The Morgan fingerprint density at radius 1 is 1.42 bits per heavy atom. The number of rotatable bonds is 5. The first kappa shape index (κ1) is 14.1. The summed E-state index contributed by atoms with van der Waals surface area (Å²) in [6.07, 6.45) is 0. The lowest BCUT2D eigenvalue weighted by atomic mass is 10.1. The molecule has 2 rings (SSSR count). The first-order chi connectivity index (χ1) is 9.08. The van der Waals surface area contributed by atoms with Gasteiger partial charge in [-0.1, -0.05) is 0 Å². The lowest BCUT2D eigenvalue weighted by molar-refractivity contribution is 0.0720. The van der Waals surface area contributed by atoms with E-state index >= 15 is 0 Å². The fourth-order valence-electron chi connectivity index (χ4n) is 1.36. The van der Waals surface area contributed by atoms with Crippen molar-refractivity contribution in [2.45, 2.75) is 12.5 Å². The molecule has 2 aromatic heterocycles. The third-order valence-corrected chi connectivity index (χ3v) is 4.19. The van der Waals surface area contributed by atoms with E-state index in [1.165, 1.54) is 11.3 Å². The van der Waals surface area contributed by atoms with Crippen LogP contribution in [0.25, 0.3) is 10.6 Å². The number of hydrogen-bond donors (Lipinski definition) is 3. The number of amides is 1. The summed E-state index contributed by atoms with van der Waals surface area (Å²) in [5, 5.41) is 27.2. The van der Waals surface area contributed by atoms with Crippen molar-refractivity contribution in [3.05, 3.63) is 27.9 Å². The molecule has 0 atom stereocenters. The van der Waals surface area contributed by atoms with Crippen molar-refractivity contribution in [1.82, 2.24) is 10.3 Å². The van der Waals surface area contributed by atoms with Crippen LogP contribution in [0, 0.1) is 0 Å². The summed E-state index contributed by atoms with van der Waals surface area (Å²) in [6, 6.07) is 1.94. The third-order valence-electron chi connectivity index (χ3n) is 2.62. The standard InChI is InChI=1S/C12H14N2O3S2/c1-12(6-15,7-16)14-10(17)9-5-19-11(13-9)8-2-3-18-4-8/h2-5,15-16H,6-7H2,1H3,(H,14,17). The van der Waals surface area contributed by atoms with Gasteiger partial charge in [0, 0.05) is 16.3 Å². The van der Waals surface area contributed by atoms with Crippen LogP contribution in [0.15, 0.2) is 22.2 Å². The molecule has 0 fully saturated rings. The van der Waals surface area contributed by atoms with Crippen molar-refractivity contribution in [1.29, 1.82) is 0 Å². The van der Waals surface area contributed by atoms with E-state index in [1.807, 2.05) is 16.8 Å². The molecule has 0 aliphatic carbocycles. The second-order valence-corrected chi connectivity index (χ2v) is 6.02. The summed E-state index contributed by atoms with van der Waals surface area (Å²) in [7, 11) is 0. The minimum absolute atomic E-state index is 0.291. The number of carbonyl (C=O) groups excluding carboxylic acids is 1. The van der Waals surface area contributed by atoms with Crippen LogP contribution in [0.5, 0.6) is 0 Å². The number of carbonyl (C=O) groups is 1. The lowest BCUT2D eigenvalue weighted by Gasteiger charge is -2.25. The molecule has 0 unspecified atom stereocenters. The second-order valence-electron chi connectivity index (χ2n) is 4.38. The van der Waals surface area contributed by atoms with Crippen LogP contribution in [-0.2, 0) is 0 Å². The molecule has 0 aliphatic rings. The highest BCUT2D eigenvalue weighted by Crippen LogP contribution is 2.25. The van der Waals surface area contributed by atoms with E-state index < -0.39 is 11.4 Å². The minimum atomic E-state index is -1.04. The summed E-state index contributed by atoms with van der Waals surface area (Å²) in [6.45, 7) is 0.893. The molecule has 0 aliphatic heterocycles. The van der Waals surface area contributed by atoms with Gasteiger partial charge in [-0.05, 0) is 18.4 Å². The first-order valence-corrected chi connectivity index (χ1v) is 7.42. The van der Waals surface area contributed by atoms with E-state index in [-0.39, 0.29) is 13.2 Å². The predicted octanol–water partition coefficient (Wildman–Crippen LogP) is 1.34. The molecule has 5 nitrogen and oxygen atoms in total. The molecule has 19 heavy (non-hydrogen) atoms. The maximum Gasteiger partial charge on any atom is 0.271 e. The van der Waals surface area contributed by atoms with Crippen molar-refractivity contribution in [2.24, 2.45) is 0 Å². The molecule has 102 valence electrons. The number of aliphatic hydroxyl groups is 2. The fraction of sp³-hybridized carbons (Fsp3) is 0.333. The van der Waals surface area contributed by atoms with Crippen LogP contribution >= 0.6 is 22.7 Å². The molecular weight excluding hydrogens is 284 g/mol. The average Bonchev–Trinajstić information content (AvgIpc) is 3.08. The second kappa shape index (κ2) is 5.79. The Morgan fingerprint density at radius 3 is 2.74 bits per heavy atom. The summed E-state index contributed by atoms with van der Waals surface area (Å²) in [5.74, 6) is -0.400. The van der Waals surface area contributed by atoms with Gasteiger partial charge in [-0.3, -0.25) is 4.79 Å². The lowest BCUT2D eigenvalue weighted by Crippen LogP contribution is -2.51. The molecule has 2 heterocycles. The van der Waals surface area contributed by atoms with Gasteiger partial charge < -0.3 is 15.5 Å². The number of nitrogens with one attached hydrogen (secondary N) is 1. The Kier molecular flexibility index (Phi) is 4.31. The molecule has 0 radical (unpaired) electrons. The van der Waals surface area contributed by atoms with Crippen LogP contribution in [-0.4, -0.2) is 39.9 Å². The first-order valence-electron chi connectivity index (χ1n) is 5.60. The molecule has 7 heteroatoms. The van der Waals surface area contributed by atoms with Gasteiger partial charge in [0.15, 0.2) is 0 Å². The van der Waals surface area contributed by atoms with E-state index in [0.717, 1.165) is 10.6 Å². The Morgan fingerprint density at radius 2 is 2.16 bits per heavy atom. The van der Waals surface area contributed by atoms with Crippen LogP contribution < -0.4 is 5.32 Å². The molecule has 0 aromatic carbocycles. The largest absolute Gasteiger partial charge is 0.394 e. The maximum absolute atomic E-state index is 12.0. The zero-order valence-electron chi connectivity index (χ0n) is 10.3. The van der Waals surface area contributed by atoms with E-state index in [2.05, 4.69) is 10.3 Å². The highest BCUT2D eigenvalue weighted by atomic mass is 32.1. The Bertz CT molecular complexity index is 547. The third kappa shape index (κ3) is 3.19. The van der Waals surface area contributed by atoms with Crippen molar-refractivity contribution >= 4 is 28.6 Å². The molecule has 0 saturated carbocycles. The zero-order chi connectivity index (χ0) is 13.9. The Hall–Kier alpha value is -1.28. The fourth-order valence-corrected chi connectivity index (χ4v) is 2.88. The summed E-state index contributed by atoms with van der Waals surface area (Å²) < 4.78 is 0. The van der Waals surface area contributed by atoms with Gasteiger partial charge >= 0.3 is 0 Å². The summed E-state index contributed by atoms with van der Waals surface area (Å²) in [5.41, 5.74) is 0.240. The van der Waals surface area contributed by atoms with Gasteiger partial charge in [0.25, 0.3) is 5.91 Å². The Labute approximate surface area is 118 Å². The zero-order valence-corrected chi connectivity index (χ0v) is 11.9. The normalized spacial score (nSPS) is 11.5. The number of aromatic nitrogens is 1. The SMILES string of the molecule is CC(CO)(CO)NC(=O)c1csc(-c2ccsc2)n1. The molecule has 1 amide bonds. The van der Waals surface area contributed by atoms with E-state index in [9.17, 15) is 4.79 Å². The van der Waals surface area contributed by atoms with E-state index in [0.29, 0.717) is 5.69 Å². The van der Waals surface area contributed by atoms with Gasteiger partial charge in [0.05, 0.1) is 18.8 Å². The van der Waals surface area contributed by atoms with Gasteiger partial charge in [-0.15, -0.1) is 11.3 Å². The van der Waals surface area contributed by atoms with Crippen LogP contribution in [0.3, 0.4) is 0 Å². The summed E-state index contributed by atoms with van der Waals surface area (Å²) in [4.78, 5) is 16.2. The van der Waals surface area contributed by atoms with Gasteiger partial charge in [0.1, 0.15) is 10.7 Å². The number of nitrogens with zero attached hydrogens (tertiary/aromatic N) is 1. The van der Waals surface area contributed by atoms with Gasteiger partial charge in [-0.25, -0.2) is 4.98 Å². The molecular formula is C12H14N2O3S2. The number of thiazole rings is 1. The van der Waals surface area contributed by atoms with Crippen LogP contribution in [0.1, 0.15) is 17.4 Å². The number of hydrogen-bond acceptors (Lipinski definition) is 6. The number of aliphatic hydroxyl groups excluding tert-OH is 2. The van der Waals surface area contributed by atoms with Gasteiger partial charge in [-0.2, -0.15) is 11.3 Å². The van der Waals surface area contributed by atoms with E-state index in [1.54, 1.807) is 23.6 Å². The topological polar surface area (TPSA) is 82.5 Å². The molecule has 2 aromatic rings. The smallest absolute Gasteiger partial charge is 0.271 e. The van der Waals surface area contributed by atoms with Crippen molar-refractivity contribution in [2.75, 3.05) is 13.2 Å². The minimum Gasteiger partial charge on any atom is -0.394 e. The van der Waals surface area contributed by atoms with Crippen molar-refractivity contribution in [3.8, 4) is 10.6 Å². The monoisotopic (exact) mass is 298 g/mol. The highest BCUT2D eigenvalue weighted by molar-refractivity contribution is 7.14. The maximum atomic E-state index is 12.0. The quantitative estimate of drug-likeness (QED) is 0.778. The predicted molar refractivity (Wildman–Crippen MR) is 75.5 cm³/mol.